The highest BCUT2D eigenvalue weighted by molar-refractivity contribution is 6.00. The molecule has 0 unspecified atom stereocenters. The number of nitrogens with zero attached hydrogens (tertiary/aromatic N) is 3. The number of hydrogen-bond acceptors (Lipinski definition) is 3. The second kappa shape index (κ2) is 8.15. The third kappa shape index (κ3) is 3.55. The Morgan fingerprint density at radius 1 is 1.26 bits per heavy atom. The van der Waals surface area contributed by atoms with E-state index in [0.29, 0.717) is 41.4 Å². The smallest absolute Gasteiger partial charge is 0.306 e. The molecule has 2 N–H and O–H groups in total. The van der Waals surface area contributed by atoms with E-state index >= 15 is 4.39 Å². The summed E-state index contributed by atoms with van der Waals surface area (Å²) >= 11 is 0. The normalized spacial score (nSPS) is 18.4. The molecule has 0 spiro atoms. The van der Waals surface area contributed by atoms with Crippen LogP contribution in [0, 0.1) is 34.7 Å². The topological polar surface area (TPSA) is 94.7 Å². The zero-order chi connectivity index (χ0) is 25.1. The average Bonchev–Trinajstić information content (AvgIpc) is 3.52. The van der Waals surface area contributed by atoms with Crippen molar-refractivity contribution >= 4 is 27.8 Å². The minimum Gasteiger partial charge on any atom is -0.481 e. The van der Waals surface area contributed by atoms with Crippen molar-refractivity contribution in [1.82, 2.24) is 14.8 Å². The lowest BCUT2D eigenvalue weighted by atomic mass is 9.79. The number of nitrogens with one attached hydrogen (secondary N) is 1. The van der Waals surface area contributed by atoms with E-state index in [2.05, 4.69) is 16.3 Å². The number of halogens is 3. The van der Waals surface area contributed by atoms with Gasteiger partial charge in [-0.25, -0.2) is 13.2 Å². The van der Waals surface area contributed by atoms with Gasteiger partial charge < -0.3 is 9.67 Å². The lowest BCUT2D eigenvalue weighted by Gasteiger charge is -2.28. The minimum absolute atomic E-state index is 0.0795. The predicted octanol–water partition coefficient (Wildman–Crippen LogP) is 6.08. The Labute approximate surface area is 199 Å². The van der Waals surface area contributed by atoms with E-state index in [1.807, 2.05) is 13.8 Å². The van der Waals surface area contributed by atoms with Crippen LogP contribution in [0.5, 0.6) is 0 Å². The number of carboxylic acids is 1. The second-order valence-corrected chi connectivity index (χ2v) is 9.88. The first kappa shape index (κ1) is 23.0. The average molecular weight is 480 g/mol. The summed E-state index contributed by atoms with van der Waals surface area (Å²) in [6.45, 7) is 3.69. The van der Waals surface area contributed by atoms with Gasteiger partial charge in [-0.3, -0.25) is 9.89 Å². The van der Waals surface area contributed by atoms with Gasteiger partial charge in [0.05, 0.1) is 23.7 Å². The zero-order valence-electron chi connectivity index (χ0n) is 19.2. The molecule has 9 heteroatoms. The summed E-state index contributed by atoms with van der Waals surface area (Å²) < 4.78 is 46.0. The SMILES string of the molecule is CC(C)(CC#N)c1c([C@@H]2CC[C@@H](C(=O)O)C2)c2c(F)c3[nH]ncc3cc2n1-c1ccc(F)c(F)c1. The van der Waals surface area contributed by atoms with Gasteiger partial charge in [-0.05, 0) is 48.9 Å². The molecule has 2 heterocycles. The van der Waals surface area contributed by atoms with E-state index in [9.17, 15) is 23.9 Å². The van der Waals surface area contributed by atoms with Crippen molar-refractivity contribution in [2.24, 2.45) is 5.92 Å². The van der Waals surface area contributed by atoms with E-state index in [0.717, 1.165) is 12.1 Å². The number of fused-ring (bicyclic) bond motifs is 2. The van der Waals surface area contributed by atoms with Crippen molar-refractivity contribution in [2.75, 3.05) is 0 Å². The summed E-state index contributed by atoms with van der Waals surface area (Å²) in [6, 6.07) is 7.40. The first-order chi connectivity index (χ1) is 16.6. The van der Waals surface area contributed by atoms with Crippen LogP contribution in [-0.2, 0) is 10.2 Å². The maximum atomic E-state index is 16.1. The van der Waals surface area contributed by atoms with Crippen LogP contribution in [0.4, 0.5) is 13.2 Å². The van der Waals surface area contributed by atoms with Crippen LogP contribution in [0.1, 0.15) is 56.7 Å². The molecule has 0 aliphatic heterocycles. The highest BCUT2D eigenvalue weighted by atomic mass is 19.2. The molecule has 6 nitrogen and oxygen atoms in total. The van der Waals surface area contributed by atoms with Crippen LogP contribution in [0.15, 0.2) is 30.5 Å². The second-order valence-electron chi connectivity index (χ2n) is 9.88. The van der Waals surface area contributed by atoms with Gasteiger partial charge in [0, 0.05) is 40.1 Å². The van der Waals surface area contributed by atoms with E-state index in [1.54, 1.807) is 10.6 Å². The summed E-state index contributed by atoms with van der Waals surface area (Å²) in [5.74, 6) is -4.34. The number of aliphatic carboxylic acids is 1. The largest absolute Gasteiger partial charge is 0.481 e. The Balaban J connectivity index is 1.93. The highest BCUT2D eigenvalue weighted by Crippen LogP contribution is 2.49. The van der Waals surface area contributed by atoms with Gasteiger partial charge in [-0.1, -0.05) is 13.8 Å². The maximum Gasteiger partial charge on any atom is 0.306 e. The van der Waals surface area contributed by atoms with Gasteiger partial charge in [0.25, 0.3) is 0 Å². The quantitative estimate of drug-likeness (QED) is 0.362. The maximum absolute atomic E-state index is 16.1. The van der Waals surface area contributed by atoms with Crippen LogP contribution in [0.2, 0.25) is 0 Å². The highest BCUT2D eigenvalue weighted by Gasteiger charge is 2.40. The van der Waals surface area contributed by atoms with Crippen molar-refractivity contribution in [3.05, 3.63) is 59.2 Å². The number of H-pyrrole nitrogens is 1. The number of aromatic amines is 1. The molecule has 5 rings (SSSR count). The fourth-order valence-corrected chi connectivity index (χ4v) is 5.54. The lowest BCUT2D eigenvalue weighted by Crippen LogP contribution is -2.23. The monoisotopic (exact) mass is 480 g/mol. The lowest BCUT2D eigenvalue weighted by molar-refractivity contribution is -0.141. The minimum atomic E-state index is -1.05. The number of hydrogen-bond donors (Lipinski definition) is 2. The summed E-state index contributed by atoms with van der Waals surface area (Å²) in [7, 11) is 0. The van der Waals surface area contributed by atoms with Crippen LogP contribution in [-0.4, -0.2) is 25.8 Å². The number of aromatic nitrogens is 3. The van der Waals surface area contributed by atoms with E-state index in [1.165, 1.54) is 12.3 Å². The Kier molecular flexibility index (Phi) is 5.35. The standard InChI is InChI=1S/C26H23F3N4O2/c1-26(2,7-8-30)24-20(13-3-4-14(9-13)25(34)35)21-19(10-15-12-31-32-23(15)22(21)29)33(24)16-5-6-17(27)18(28)11-16/h5-6,10-14H,3-4,7,9H2,1-2H3,(H,31,32)(H,34,35)/t13-,14-/m1/s1. The first-order valence-electron chi connectivity index (χ1n) is 11.4. The Bertz CT molecular complexity index is 1530. The molecule has 1 aliphatic rings. The molecule has 1 fully saturated rings. The van der Waals surface area contributed by atoms with Crippen LogP contribution < -0.4 is 0 Å². The summed E-state index contributed by atoms with van der Waals surface area (Å²) in [6.07, 6.45) is 2.86. The molecule has 2 aromatic carbocycles. The first-order valence-corrected chi connectivity index (χ1v) is 11.4. The molecule has 2 aromatic heterocycles. The van der Waals surface area contributed by atoms with Crippen molar-refractivity contribution in [3.8, 4) is 11.8 Å². The van der Waals surface area contributed by atoms with E-state index < -0.39 is 34.8 Å². The van der Waals surface area contributed by atoms with Crippen molar-refractivity contribution in [2.45, 2.75) is 50.9 Å². The third-order valence-electron chi connectivity index (χ3n) is 7.16. The summed E-state index contributed by atoms with van der Waals surface area (Å²) in [5.41, 5.74) is 1.32. The number of benzene rings is 2. The third-order valence-corrected chi connectivity index (χ3v) is 7.16. The number of carbonyl (C=O) groups is 1. The van der Waals surface area contributed by atoms with Gasteiger partial charge in [0.1, 0.15) is 5.52 Å². The fraction of sp³-hybridized carbons (Fsp3) is 0.346. The Hall–Kier alpha value is -3.80. The molecule has 4 aromatic rings. The Morgan fingerprint density at radius 2 is 2.03 bits per heavy atom. The molecule has 35 heavy (non-hydrogen) atoms. The van der Waals surface area contributed by atoms with Gasteiger partial charge >= 0.3 is 5.97 Å². The molecule has 2 atom stereocenters. The molecule has 1 saturated carbocycles. The van der Waals surface area contributed by atoms with E-state index in [-0.39, 0.29) is 28.9 Å². The zero-order valence-corrected chi connectivity index (χ0v) is 19.2. The van der Waals surface area contributed by atoms with Gasteiger partial charge in [-0.2, -0.15) is 10.4 Å². The molecule has 1 aliphatic carbocycles. The van der Waals surface area contributed by atoms with Gasteiger partial charge in [0.2, 0.25) is 0 Å². The van der Waals surface area contributed by atoms with Crippen LogP contribution in [0.3, 0.4) is 0 Å². The Morgan fingerprint density at radius 3 is 2.69 bits per heavy atom. The van der Waals surface area contributed by atoms with Gasteiger partial charge in [-0.15, -0.1) is 0 Å². The van der Waals surface area contributed by atoms with Crippen LogP contribution >= 0.6 is 0 Å². The predicted molar refractivity (Wildman–Crippen MR) is 124 cm³/mol. The molecule has 0 radical (unpaired) electrons. The summed E-state index contributed by atoms with van der Waals surface area (Å²) in [5, 5.41) is 26.6. The van der Waals surface area contributed by atoms with Gasteiger partial charge in [0.15, 0.2) is 17.5 Å². The fourth-order valence-electron chi connectivity index (χ4n) is 5.54. The number of carboxylic acid groups (broad SMARTS) is 1. The molecule has 0 amide bonds. The summed E-state index contributed by atoms with van der Waals surface area (Å²) in [4.78, 5) is 11.7. The molecule has 0 bridgehead atoms. The number of nitriles is 1. The van der Waals surface area contributed by atoms with Crippen molar-refractivity contribution < 1.29 is 23.1 Å². The van der Waals surface area contributed by atoms with Crippen LogP contribution in [0.25, 0.3) is 27.5 Å². The van der Waals surface area contributed by atoms with E-state index in [4.69, 9.17) is 0 Å². The van der Waals surface area contributed by atoms with Crippen molar-refractivity contribution in [1.29, 1.82) is 5.26 Å². The molecular formula is C26H23F3N4O2. The number of rotatable bonds is 5. The molecule has 180 valence electrons. The molecular weight excluding hydrogens is 457 g/mol. The van der Waals surface area contributed by atoms with Crippen molar-refractivity contribution in [3.63, 3.8) is 0 Å². The molecule has 0 saturated heterocycles.